The van der Waals surface area contributed by atoms with Gasteiger partial charge in [0.1, 0.15) is 0 Å². The van der Waals surface area contributed by atoms with E-state index in [0.717, 1.165) is 23.9 Å². The third kappa shape index (κ3) is 2.96. The molecular formula is C15H19N3O. The zero-order valence-corrected chi connectivity index (χ0v) is 11.1. The molecule has 1 aromatic heterocycles. The van der Waals surface area contributed by atoms with Crippen LogP contribution in [-0.2, 0) is 4.74 Å². The van der Waals surface area contributed by atoms with E-state index in [1.165, 1.54) is 12.8 Å². The minimum atomic E-state index is 0.415. The minimum absolute atomic E-state index is 0.415. The molecule has 4 heteroatoms. The molecule has 1 fully saturated rings. The lowest BCUT2D eigenvalue weighted by Crippen LogP contribution is -2.27. The topological polar surface area (TPSA) is 39.1 Å². The van der Waals surface area contributed by atoms with Gasteiger partial charge in [0.25, 0.3) is 0 Å². The smallest absolute Gasteiger partial charge is 0.0666 e. The summed E-state index contributed by atoms with van der Waals surface area (Å²) in [7, 11) is 1.76. The SMILES string of the molecule is COCC(Nc1cccc(-n2cccn2)c1)C1CC1. The maximum absolute atomic E-state index is 5.30. The van der Waals surface area contributed by atoms with Crippen molar-refractivity contribution in [3.8, 4) is 5.69 Å². The second-order valence-corrected chi connectivity index (χ2v) is 5.04. The fourth-order valence-electron chi connectivity index (χ4n) is 2.35. The number of aromatic nitrogens is 2. The van der Waals surface area contributed by atoms with E-state index in [9.17, 15) is 0 Å². The molecule has 1 aliphatic rings. The van der Waals surface area contributed by atoms with Gasteiger partial charge in [-0.1, -0.05) is 6.07 Å². The highest BCUT2D eigenvalue weighted by atomic mass is 16.5. The number of ether oxygens (including phenoxy) is 1. The molecule has 3 rings (SSSR count). The fourth-order valence-corrected chi connectivity index (χ4v) is 2.35. The number of nitrogens with one attached hydrogen (secondary N) is 1. The van der Waals surface area contributed by atoms with Crippen LogP contribution in [0.5, 0.6) is 0 Å². The van der Waals surface area contributed by atoms with Gasteiger partial charge in [0, 0.05) is 25.2 Å². The quantitative estimate of drug-likeness (QED) is 0.864. The zero-order chi connectivity index (χ0) is 13.1. The predicted octanol–water partition coefficient (Wildman–Crippen LogP) is 2.71. The largest absolute Gasteiger partial charge is 0.383 e. The van der Waals surface area contributed by atoms with E-state index >= 15 is 0 Å². The first-order valence-electron chi connectivity index (χ1n) is 6.72. The molecule has 0 aliphatic heterocycles. The standard InChI is InChI=1S/C15H19N3O/c1-19-11-15(12-6-7-12)17-13-4-2-5-14(10-13)18-9-3-8-16-18/h2-5,8-10,12,15,17H,6-7,11H2,1H3. The monoisotopic (exact) mass is 257 g/mol. The number of nitrogens with zero attached hydrogens (tertiary/aromatic N) is 2. The van der Waals surface area contributed by atoms with E-state index in [1.54, 1.807) is 13.3 Å². The lowest BCUT2D eigenvalue weighted by Gasteiger charge is -2.19. The summed E-state index contributed by atoms with van der Waals surface area (Å²) in [5.41, 5.74) is 2.20. The van der Waals surface area contributed by atoms with Crippen LogP contribution in [0.2, 0.25) is 0 Å². The van der Waals surface area contributed by atoms with Gasteiger partial charge >= 0.3 is 0 Å². The normalized spacial score (nSPS) is 16.3. The molecule has 0 saturated heterocycles. The van der Waals surface area contributed by atoms with E-state index in [2.05, 4.69) is 34.7 Å². The number of rotatable bonds is 6. The molecule has 19 heavy (non-hydrogen) atoms. The first-order valence-corrected chi connectivity index (χ1v) is 6.72. The Labute approximate surface area is 113 Å². The molecule has 1 N–H and O–H groups in total. The van der Waals surface area contributed by atoms with Gasteiger partial charge in [0.15, 0.2) is 0 Å². The Kier molecular flexibility index (Phi) is 3.51. The third-order valence-corrected chi connectivity index (χ3v) is 3.50. The average molecular weight is 257 g/mol. The average Bonchev–Trinajstić information content (AvgIpc) is 3.13. The molecule has 4 nitrogen and oxygen atoms in total. The summed E-state index contributed by atoms with van der Waals surface area (Å²) in [6.45, 7) is 0.761. The van der Waals surface area contributed by atoms with Crippen LogP contribution in [-0.4, -0.2) is 29.5 Å². The molecule has 0 radical (unpaired) electrons. The maximum Gasteiger partial charge on any atom is 0.0666 e. The Bertz CT molecular complexity index is 520. The molecule has 0 amide bonds. The molecule has 1 aromatic carbocycles. The van der Waals surface area contributed by atoms with Crippen molar-refractivity contribution in [3.63, 3.8) is 0 Å². The van der Waals surface area contributed by atoms with Gasteiger partial charge < -0.3 is 10.1 Å². The zero-order valence-electron chi connectivity index (χ0n) is 11.1. The molecule has 2 aromatic rings. The number of benzene rings is 1. The van der Waals surface area contributed by atoms with Gasteiger partial charge in [0.2, 0.25) is 0 Å². The van der Waals surface area contributed by atoms with E-state index in [-0.39, 0.29) is 0 Å². The van der Waals surface area contributed by atoms with Crippen molar-refractivity contribution in [2.75, 3.05) is 19.0 Å². The highest BCUT2D eigenvalue weighted by molar-refractivity contribution is 5.51. The fraction of sp³-hybridized carbons (Fsp3) is 0.400. The van der Waals surface area contributed by atoms with Crippen molar-refractivity contribution in [2.45, 2.75) is 18.9 Å². The summed E-state index contributed by atoms with van der Waals surface area (Å²) in [6.07, 6.45) is 6.35. The van der Waals surface area contributed by atoms with E-state index in [4.69, 9.17) is 4.74 Å². The van der Waals surface area contributed by atoms with Gasteiger partial charge in [-0.05, 0) is 43.0 Å². The number of anilines is 1. The van der Waals surface area contributed by atoms with Gasteiger partial charge in [-0.3, -0.25) is 0 Å². The second kappa shape index (κ2) is 5.45. The van der Waals surface area contributed by atoms with Crippen LogP contribution in [0.25, 0.3) is 5.69 Å². The number of methoxy groups -OCH3 is 1. The van der Waals surface area contributed by atoms with Crippen LogP contribution in [0.4, 0.5) is 5.69 Å². The van der Waals surface area contributed by atoms with Gasteiger partial charge in [-0.2, -0.15) is 5.10 Å². The molecule has 1 unspecified atom stereocenters. The maximum atomic E-state index is 5.30. The molecule has 0 spiro atoms. The highest BCUT2D eigenvalue weighted by Crippen LogP contribution is 2.34. The lowest BCUT2D eigenvalue weighted by atomic mass is 10.2. The molecule has 100 valence electrons. The Morgan fingerprint density at radius 1 is 1.42 bits per heavy atom. The summed E-state index contributed by atoms with van der Waals surface area (Å²) >= 11 is 0. The van der Waals surface area contributed by atoms with Crippen LogP contribution in [0.15, 0.2) is 42.7 Å². The summed E-state index contributed by atoms with van der Waals surface area (Å²) in [5, 5.41) is 7.83. The van der Waals surface area contributed by atoms with Gasteiger partial charge in [-0.15, -0.1) is 0 Å². The Balaban J connectivity index is 1.75. The lowest BCUT2D eigenvalue weighted by molar-refractivity contribution is 0.179. The number of hydrogen-bond donors (Lipinski definition) is 1. The van der Waals surface area contributed by atoms with Crippen molar-refractivity contribution in [3.05, 3.63) is 42.7 Å². The van der Waals surface area contributed by atoms with Crippen molar-refractivity contribution in [1.29, 1.82) is 0 Å². The third-order valence-electron chi connectivity index (χ3n) is 3.50. The first kappa shape index (κ1) is 12.2. The summed E-state index contributed by atoms with van der Waals surface area (Å²) in [4.78, 5) is 0. The molecule has 1 saturated carbocycles. The van der Waals surface area contributed by atoms with Gasteiger partial charge in [0.05, 0.1) is 18.3 Å². The summed E-state index contributed by atoms with van der Waals surface area (Å²) in [5.74, 6) is 0.758. The molecule has 0 bridgehead atoms. The summed E-state index contributed by atoms with van der Waals surface area (Å²) in [6, 6.07) is 10.7. The number of hydrogen-bond acceptors (Lipinski definition) is 3. The van der Waals surface area contributed by atoms with Crippen LogP contribution >= 0.6 is 0 Å². The first-order chi connectivity index (χ1) is 9.36. The molecule has 1 aliphatic carbocycles. The predicted molar refractivity (Wildman–Crippen MR) is 75.6 cm³/mol. The Hall–Kier alpha value is -1.81. The van der Waals surface area contributed by atoms with Crippen molar-refractivity contribution in [2.24, 2.45) is 5.92 Å². The summed E-state index contributed by atoms with van der Waals surface area (Å²) < 4.78 is 7.17. The van der Waals surface area contributed by atoms with Crippen LogP contribution < -0.4 is 5.32 Å². The Morgan fingerprint density at radius 3 is 3.00 bits per heavy atom. The highest BCUT2D eigenvalue weighted by Gasteiger charge is 2.31. The van der Waals surface area contributed by atoms with Crippen LogP contribution in [0, 0.1) is 5.92 Å². The van der Waals surface area contributed by atoms with Crippen LogP contribution in [0.3, 0.4) is 0 Å². The van der Waals surface area contributed by atoms with Crippen LogP contribution in [0.1, 0.15) is 12.8 Å². The van der Waals surface area contributed by atoms with Crippen molar-refractivity contribution in [1.82, 2.24) is 9.78 Å². The molecule has 1 heterocycles. The molecule has 1 atom stereocenters. The van der Waals surface area contributed by atoms with E-state index in [0.29, 0.717) is 6.04 Å². The van der Waals surface area contributed by atoms with E-state index < -0.39 is 0 Å². The Morgan fingerprint density at radius 2 is 2.32 bits per heavy atom. The van der Waals surface area contributed by atoms with Crippen molar-refractivity contribution >= 4 is 5.69 Å². The van der Waals surface area contributed by atoms with E-state index in [1.807, 2.05) is 16.9 Å². The molecular weight excluding hydrogens is 238 g/mol. The van der Waals surface area contributed by atoms with Crippen molar-refractivity contribution < 1.29 is 4.74 Å². The second-order valence-electron chi connectivity index (χ2n) is 5.04. The van der Waals surface area contributed by atoms with Gasteiger partial charge in [-0.25, -0.2) is 4.68 Å². The minimum Gasteiger partial charge on any atom is -0.383 e.